The van der Waals surface area contributed by atoms with Crippen molar-refractivity contribution >= 4 is 5.71 Å². The first-order chi connectivity index (χ1) is 15.3. The normalized spacial score (nSPS) is 17.0. The maximum atomic E-state index is 13.8. The number of aromatic nitrogens is 2. The summed E-state index contributed by atoms with van der Waals surface area (Å²) in [6, 6.07) is 2.18. The highest BCUT2D eigenvalue weighted by Gasteiger charge is 2.43. The SMILES string of the molecule is CCC[N+](C)(Cc1c(C)nn2c(-c3ccc(C(F)(F)F)cc3C(F)(F)F)c(C)oc12)C1CC1. The van der Waals surface area contributed by atoms with Gasteiger partial charge in [-0.25, -0.2) is 0 Å². The van der Waals surface area contributed by atoms with Crippen molar-refractivity contribution in [2.45, 2.75) is 65.0 Å². The molecule has 4 rings (SSSR count). The highest BCUT2D eigenvalue weighted by Crippen LogP contribution is 2.43. The third-order valence-electron chi connectivity index (χ3n) is 6.52. The van der Waals surface area contributed by atoms with Crippen LogP contribution in [0, 0.1) is 13.8 Å². The minimum absolute atomic E-state index is 0.0107. The van der Waals surface area contributed by atoms with Gasteiger partial charge in [0.2, 0.25) is 5.71 Å². The number of fused-ring (bicyclic) bond motifs is 1. The molecule has 0 aliphatic heterocycles. The number of rotatable bonds is 6. The molecule has 1 saturated carbocycles. The Bertz CT molecular complexity index is 1190. The highest BCUT2D eigenvalue weighted by atomic mass is 19.4. The van der Waals surface area contributed by atoms with Crippen LogP contribution in [0.1, 0.15) is 54.3 Å². The number of halogens is 6. The zero-order valence-electron chi connectivity index (χ0n) is 18.9. The molecule has 1 aliphatic rings. The van der Waals surface area contributed by atoms with Gasteiger partial charge < -0.3 is 8.90 Å². The molecule has 0 amide bonds. The maximum Gasteiger partial charge on any atom is 0.417 e. The van der Waals surface area contributed by atoms with Crippen molar-refractivity contribution in [1.29, 1.82) is 0 Å². The third kappa shape index (κ3) is 4.25. The van der Waals surface area contributed by atoms with E-state index in [1.807, 2.05) is 0 Å². The molecule has 3 aromatic rings. The number of quaternary nitrogens is 1. The summed E-state index contributed by atoms with van der Waals surface area (Å²) < 4.78 is 88.7. The summed E-state index contributed by atoms with van der Waals surface area (Å²) in [6.07, 6.45) is -6.63. The lowest BCUT2D eigenvalue weighted by Crippen LogP contribution is -2.46. The fourth-order valence-electron chi connectivity index (χ4n) is 4.75. The molecule has 0 saturated heterocycles. The van der Waals surface area contributed by atoms with E-state index >= 15 is 0 Å². The molecule has 33 heavy (non-hydrogen) atoms. The van der Waals surface area contributed by atoms with E-state index in [9.17, 15) is 26.3 Å². The molecular formula is C23H26F6N3O+. The summed E-state index contributed by atoms with van der Waals surface area (Å²) in [4.78, 5) is 0. The van der Waals surface area contributed by atoms with Crippen LogP contribution >= 0.6 is 0 Å². The monoisotopic (exact) mass is 474 g/mol. The van der Waals surface area contributed by atoms with E-state index in [-0.39, 0.29) is 17.5 Å². The average Bonchev–Trinajstić information content (AvgIpc) is 3.45. The van der Waals surface area contributed by atoms with Gasteiger partial charge in [-0.15, -0.1) is 0 Å². The Morgan fingerprint density at radius 1 is 1.09 bits per heavy atom. The number of aryl methyl sites for hydroxylation is 2. The Morgan fingerprint density at radius 3 is 2.30 bits per heavy atom. The number of alkyl halides is 6. The Hall–Kier alpha value is -2.49. The van der Waals surface area contributed by atoms with Crippen molar-refractivity contribution < 1.29 is 35.2 Å². The van der Waals surface area contributed by atoms with E-state index in [2.05, 4.69) is 19.1 Å². The lowest BCUT2D eigenvalue weighted by atomic mass is 10.00. The standard InChI is InChI=1S/C23H26F6N3O/c1-5-10-32(4,16-7-8-16)12-18-13(2)30-31-20(14(3)33-21(18)31)17-9-6-15(22(24,25)26)11-19(17)23(27,28)29/h6,9,11,16H,5,7-8,10,12H2,1-4H3/q+1. The van der Waals surface area contributed by atoms with Crippen LogP contribution in [0.15, 0.2) is 22.6 Å². The van der Waals surface area contributed by atoms with Gasteiger partial charge in [-0.2, -0.15) is 36.0 Å². The van der Waals surface area contributed by atoms with E-state index in [0.717, 1.165) is 41.9 Å². The summed E-state index contributed by atoms with van der Waals surface area (Å²) in [7, 11) is 2.17. The van der Waals surface area contributed by atoms with Gasteiger partial charge in [-0.1, -0.05) is 13.0 Å². The number of oxazole rings is 1. The molecule has 1 aromatic carbocycles. The minimum atomic E-state index is -4.99. The second-order valence-corrected chi connectivity index (χ2v) is 9.14. The van der Waals surface area contributed by atoms with Crippen LogP contribution < -0.4 is 0 Å². The molecule has 1 atom stereocenters. The first-order valence-corrected chi connectivity index (χ1v) is 10.9. The molecule has 2 aromatic heterocycles. The lowest BCUT2D eigenvalue weighted by Gasteiger charge is -2.34. The number of nitrogens with zero attached hydrogens (tertiary/aromatic N) is 3. The summed E-state index contributed by atoms with van der Waals surface area (Å²) in [6.45, 7) is 6.96. The summed E-state index contributed by atoms with van der Waals surface area (Å²) in [5, 5.41) is 4.45. The predicted octanol–water partition coefficient (Wildman–Crippen LogP) is 6.77. The van der Waals surface area contributed by atoms with E-state index in [0.29, 0.717) is 30.1 Å². The second-order valence-electron chi connectivity index (χ2n) is 9.14. The van der Waals surface area contributed by atoms with Crippen molar-refractivity contribution in [2.24, 2.45) is 0 Å². The van der Waals surface area contributed by atoms with Crippen molar-refractivity contribution in [3.8, 4) is 11.3 Å². The van der Waals surface area contributed by atoms with Crippen LogP contribution in [0.25, 0.3) is 17.0 Å². The van der Waals surface area contributed by atoms with Gasteiger partial charge in [0, 0.05) is 18.4 Å². The third-order valence-corrected chi connectivity index (χ3v) is 6.52. The van der Waals surface area contributed by atoms with Crippen LogP contribution in [0.5, 0.6) is 0 Å². The minimum Gasteiger partial charge on any atom is -0.441 e. The van der Waals surface area contributed by atoms with Crippen molar-refractivity contribution in [3.05, 3.63) is 46.3 Å². The van der Waals surface area contributed by atoms with Crippen molar-refractivity contribution in [1.82, 2.24) is 9.61 Å². The first-order valence-electron chi connectivity index (χ1n) is 10.9. The molecule has 180 valence electrons. The van der Waals surface area contributed by atoms with Gasteiger partial charge in [0.05, 0.1) is 42.0 Å². The zero-order chi connectivity index (χ0) is 24.3. The molecule has 0 N–H and O–H groups in total. The molecule has 0 radical (unpaired) electrons. The number of hydrogen-bond donors (Lipinski definition) is 0. The van der Waals surface area contributed by atoms with Crippen LogP contribution in [0.2, 0.25) is 0 Å². The Balaban J connectivity index is 1.87. The number of benzene rings is 1. The van der Waals surface area contributed by atoms with E-state index < -0.39 is 29.0 Å². The highest BCUT2D eigenvalue weighted by molar-refractivity contribution is 5.71. The Morgan fingerprint density at radius 2 is 1.76 bits per heavy atom. The Labute approximate surface area is 187 Å². The fraction of sp³-hybridized carbons (Fsp3) is 0.522. The van der Waals surface area contributed by atoms with Gasteiger partial charge in [0.25, 0.3) is 0 Å². The van der Waals surface area contributed by atoms with Crippen molar-refractivity contribution in [3.63, 3.8) is 0 Å². The largest absolute Gasteiger partial charge is 0.441 e. The molecular weight excluding hydrogens is 448 g/mol. The number of hydrogen-bond acceptors (Lipinski definition) is 2. The van der Waals surface area contributed by atoms with E-state index in [4.69, 9.17) is 4.42 Å². The van der Waals surface area contributed by atoms with Gasteiger partial charge in [-0.05, 0) is 32.4 Å². The van der Waals surface area contributed by atoms with E-state index in [1.165, 1.54) is 11.4 Å². The van der Waals surface area contributed by atoms with Gasteiger partial charge >= 0.3 is 12.4 Å². The van der Waals surface area contributed by atoms with Crippen molar-refractivity contribution in [2.75, 3.05) is 13.6 Å². The predicted molar refractivity (Wildman–Crippen MR) is 110 cm³/mol. The molecule has 0 bridgehead atoms. The molecule has 2 heterocycles. The lowest BCUT2D eigenvalue weighted by molar-refractivity contribution is -0.933. The molecule has 1 unspecified atom stereocenters. The second kappa shape index (κ2) is 7.78. The van der Waals surface area contributed by atoms with Gasteiger partial charge in [0.1, 0.15) is 18.0 Å². The zero-order valence-corrected chi connectivity index (χ0v) is 18.9. The van der Waals surface area contributed by atoms with Gasteiger partial charge in [0.15, 0.2) is 0 Å². The average molecular weight is 474 g/mol. The first kappa shape index (κ1) is 23.7. The summed E-state index contributed by atoms with van der Waals surface area (Å²) >= 11 is 0. The van der Waals surface area contributed by atoms with Crippen LogP contribution in [0.4, 0.5) is 26.3 Å². The topological polar surface area (TPSA) is 30.4 Å². The quantitative estimate of drug-likeness (QED) is 0.292. The summed E-state index contributed by atoms with van der Waals surface area (Å²) in [5.74, 6) is 0.167. The fourth-order valence-corrected chi connectivity index (χ4v) is 4.75. The molecule has 4 nitrogen and oxygen atoms in total. The van der Waals surface area contributed by atoms with Crippen LogP contribution in [0.3, 0.4) is 0 Å². The molecule has 1 fully saturated rings. The van der Waals surface area contributed by atoms with Crippen LogP contribution in [-0.4, -0.2) is 33.7 Å². The Kier molecular flexibility index (Phi) is 5.58. The van der Waals surface area contributed by atoms with Crippen LogP contribution in [-0.2, 0) is 18.9 Å². The van der Waals surface area contributed by atoms with E-state index in [1.54, 1.807) is 6.92 Å². The molecule has 10 heteroatoms. The molecule has 1 aliphatic carbocycles. The maximum absolute atomic E-state index is 13.8. The summed E-state index contributed by atoms with van der Waals surface area (Å²) in [5.41, 5.74) is -1.32. The molecule has 0 spiro atoms. The van der Waals surface area contributed by atoms with Gasteiger partial charge in [-0.3, -0.25) is 0 Å². The smallest absolute Gasteiger partial charge is 0.417 e.